The SMILES string of the molecule is C=C/C=C\C(=NC)c1ccc2c(c1)nc(-c1ccc(-c3cccc4c(-c5ccc(-c6nc7cc(C(C=C)=NC=C)ccc7n6C)cc5)cccc34)cc1)n2C. The predicted molar refractivity (Wildman–Crippen MR) is 233 cm³/mol. The number of hydrogen-bond donors (Lipinski definition) is 0. The van der Waals surface area contributed by atoms with E-state index in [1.165, 1.54) is 28.1 Å². The Bertz CT molecular complexity index is 2880. The summed E-state index contributed by atoms with van der Waals surface area (Å²) in [7, 11) is 5.92. The van der Waals surface area contributed by atoms with Gasteiger partial charge in [-0.25, -0.2) is 9.97 Å². The van der Waals surface area contributed by atoms with Crippen LogP contribution in [-0.4, -0.2) is 37.6 Å². The second-order valence-corrected chi connectivity index (χ2v) is 13.4. The minimum absolute atomic E-state index is 0.770. The molecular formula is C49H40N6. The largest absolute Gasteiger partial charge is 0.327 e. The first-order valence-electron chi connectivity index (χ1n) is 18.2. The Hall–Kier alpha value is -7.18. The summed E-state index contributed by atoms with van der Waals surface area (Å²) in [6, 6.07) is 43.0. The van der Waals surface area contributed by atoms with E-state index in [1.807, 2.05) is 18.2 Å². The molecule has 55 heavy (non-hydrogen) atoms. The Labute approximate surface area is 321 Å². The Kier molecular flexibility index (Phi) is 9.31. The van der Waals surface area contributed by atoms with Crippen molar-refractivity contribution in [3.63, 3.8) is 0 Å². The van der Waals surface area contributed by atoms with Crippen molar-refractivity contribution in [2.24, 2.45) is 24.1 Å². The van der Waals surface area contributed by atoms with Crippen LogP contribution in [0.5, 0.6) is 0 Å². The van der Waals surface area contributed by atoms with E-state index >= 15 is 0 Å². The van der Waals surface area contributed by atoms with Gasteiger partial charge in [-0.3, -0.25) is 9.98 Å². The lowest BCUT2D eigenvalue weighted by atomic mass is 9.92. The molecule has 2 heterocycles. The summed E-state index contributed by atoms with van der Waals surface area (Å²) in [5.41, 5.74) is 14.4. The molecule has 0 saturated carbocycles. The number of aryl methyl sites for hydroxylation is 2. The average molecular weight is 713 g/mol. The van der Waals surface area contributed by atoms with Crippen molar-refractivity contribution in [3.05, 3.63) is 183 Å². The van der Waals surface area contributed by atoms with Crippen molar-refractivity contribution < 1.29 is 0 Å². The van der Waals surface area contributed by atoms with Gasteiger partial charge < -0.3 is 9.13 Å². The Morgan fingerprint density at radius 2 is 1.05 bits per heavy atom. The topological polar surface area (TPSA) is 60.4 Å². The zero-order chi connectivity index (χ0) is 38.1. The second-order valence-electron chi connectivity index (χ2n) is 13.4. The summed E-state index contributed by atoms with van der Waals surface area (Å²) in [5, 5.41) is 2.41. The van der Waals surface area contributed by atoms with Crippen LogP contribution in [0.3, 0.4) is 0 Å². The number of rotatable bonds is 10. The molecule has 0 radical (unpaired) electrons. The fraction of sp³-hybridized carbons (Fsp3) is 0.0612. The fourth-order valence-corrected chi connectivity index (χ4v) is 7.45. The minimum atomic E-state index is 0.770. The number of imidazole rings is 2. The van der Waals surface area contributed by atoms with Crippen molar-refractivity contribution in [2.75, 3.05) is 7.05 Å². The lowest BCUT2D eigenvalue weighted by Crippen LogP contribution is -1.96. The lowest BCUT2D eigenvalue weighted by molar-refractivity contribution is 0.959. The zero-order valence-corrected chi connectivity index (χ0v) is 31.2. The minimum Gasteiger partial charge on any atom is -0.327 e. The normalized spacial score (nSPS) is 12.3. The quantitative estimate of drug-likeness (QED) is 0.105. The maximum atomic E-state index is 5.05. The first-order valence-corrected chi connectivity index (χ1v) is 18.2. The third kappa shape index (κ3) is 6.34. The zero-order valence-electron chi connectivity index (χ0n) is 31.2. The maximum Gasteiger partial charge on any atom is 0.140 e. The highest BCUT2D eigenvalue weighted by Gasteiger charge is 2.15. The number of allylic oxidation sites excluding steroid dienone is 4. The van der Waals surface area contributed by atoms with Gasteiger partial charge in [-0.15, -0.1) is 0 Å². The molecule has 6 nitrogen and oxygen atoms in total. The van der Waals surface area contributed by atoms with Crippen LogP contribution < -0.4 is 0 Å². The lowest BCUT2D eigenvalue weighted by Gasteiger charge is -2.12. The number of aromatic nitrogens is 4. The number of hydrogen-bond acceptors (Lipinski definition) is 4. The van der Waals surface area contributed by atoms with Gasteiger partial charge in [0.05, 0.1) is 33.5 Å². The second kappa shape index (κ2) is 14.7. The number of fused-ring (bicyclic) bond motifs is 3. The molecular weight excluding hydrogens is 673 g/mol. The number of benzene rings is 6. The molecule has 6 heteroatoms. The highest BCUT2D eigenvalue weighted by atomic mass is 15.1. The molecule has 0 unspecified atom stereocenters. The van der Waals surface area contributed by atoms with Crippen LogP contribution in [0.15, 0.2) is 182 Å². The van der Waals surface area contributed by atoms with Gasteiger partial charge >= 0.3 is 0 Å². The monoisotopic (exact) mass is 712 g/mol. The molecule has 0 saturated heterocycles. The molecule has 0 spiro atoms. The van der Waals surface area contributed by atoms with E-state index in [0.717, 1.165) is 78.5 Å². The van der Waals surface area contributed by atoms with Crippen LogP contribution in [0.25, 0.3) is 77.9 Å². The highest BCUT2D eigenvalue weighted by Crippen LogP contribution is 2.37. The molecule has 0 atom stereocenters. The van der Waals surface area contributed by atoms with Gasteiger partial charge in [0, 0.05) is 49.6 Å². The molecule has 266 valence electrons. The van der Waals surface area contributed by atoms with E-state index in [-0.39, 0.29) is 0 Å². The molecule has 0 aliphatic heterocycles. The van der Waals surface area contributed by atoms with Crippen LogP contribution >= 0.6 is 0 Å². The molecule has 0 fully saturated rings. The van der Waals surface area contributed by atoms with Gasteiger partial charge in [-0.1, -0.05) is 129 Å². The Morgan fingerprint density at radius 1 is 0.582 bits per heavy atom. The van der Waals surface area contributed by atoms with Crippen LogP contribution in [0.1, 0.15) is 11.1 Å². The van der Waals surface area contributed by atoms with Gasteiger partial charge in [0.15, 0.2) is 0 Å². The summed E-state index contributed by atoms with van der Waals surface area (Å²) in [5.74, 6) is 1.82. The molecule has 8 rings (SSSR count). The van der Waals surface area contributed by atoms with Gasteiger partial charge in [0.1, 0.15) is 11.6 Å². The molecule has 6 aromatic carbocycles. The van der Waals surface area contributed by atoms with E-state index in [9.17, 15) is 0 Å². The summed E-state index contributed by atoms with van der Waals surface area (Å²) in [6.45, 7) is 11.4. The number of nitrogens with zero attached hydrogens (tertiary/aromatic N) is 6. The van der Waals surface area contributed by atoms with E-state index in [0.29, 0.717) is 0 Å². The summed E-state index contributed by atoms with van der Waals surface area (Å²) in [4.78, 5) is 18.9. The fourth-order valence-electron chi connectivity index (χ4n) is 7.45. The van der Waals surface area contributed by atoms with Crippen molar-refractivity contribution in [2.45, 2.75) is 0 Å². The van der Waals surface area contributed by atoms with Crippen molar-refractivity contribution in [3.8, 4) is 45.0 Å². The van der Waals surface area contributed by atoms with Gasteiger partial charge in [0.2, 0.25) is 0 Å². The van der Waals surface area contributed by atoms with Crippen LogP contribution in [0.2, 0.25) is 0 Å². The van der Waals surface area contributed by atoms with E-state index in [2.05, 4.69) is 168 Å². The first-order chi connectivity index (χ1) is 26.9. The van der Waals surface area contributed by atoms with Crippen molar-refractivity contribution in [1.29, 1.82) is 0 Å². The van der Waals surface area contributed by atoms with Gasteiger partial charge in [-0.2, -0.15) is 0 Å². The molecule has 0 N–H and O–H groups in total. The van der Waals surface area contributed by atoms with Crippen molar-refractivity contribution in [1.82, 2.24) is 19.1 Å². The van der Waals surface area contributed by atoms with Gasteiger partial charge in [-0.05, 0) is 69.4 Å². The Balaban J connectivity index is 1.09. The molecule has 0 amide bonds. The summed E-state index contributed by atoms with van der Waals surface area (Å²) < 4.78 is 4.29. The average Bonchev–Trinajstić information content (AvgIpc) is 3.74. The van der Waals surface area contributed by atoms with E-state index in [1.54, 1.807) is 19.2 Å². The molecule has 0 aliphatic carbocycles. The third-order valence-electron chi connectivity index (χ3n) is 10.2. The number of aliphatic imine (C=N–C) groups is 2. The smallest absolute Gasteiger partial charge is 0.140 e. The van der Waals surface area contributed by atoms with Crippen LogP contribution in [0, 0.1) is 0 Å². The third-order valence-corrected chi connectivity index (χ3v) is 10.2. The molecule has 0 bridgehead atoms. The van der Waals surface area contributed by atoms with Crippen LogP contribution in [-0.2, 0) is 14.1 Å². The van der Waals surface area contributed by atoms with E-state index < -0.39 is 0 Å². The summed E-state index contributed by atoms with van der Waals surface area (Å²) in [6.07, 6.45) is 8.88. The summed E-state index contributed by atoms with van der Waals surface area (Å²) >= 11 is 0. The Morgan fingerprint density at radius 3 is 1.49 bits per heavy atom. The highest BCUT2D eigenvalue weighted by molar-refractivity contribution is 6.11. The molecule has 0 aliphatic rings. The first kappa shape index (κ1) is 34.9. The molecule has 8 aromatic rings. The van der Waals surface area contributed by atoms with E-state index in [4.69, 9.17) is 9.97 Å². The standard InChI is InChI=1S/C49H40N6/c1-7-10-17-43(50-4)37-27-29-47-45(31-37)53-49(55(47)6)35-24-20-33(21-25-35)39-14-12-15-40-38(13-11-16-41(39)40)32-18-22-34(23-19-32)48-52-44-30-36(42(8-2)51-9-3)26-28-46(44)54(48)5/h7-31H,1-3H2,4-6H3/b17-10-,50-43?,51-42?. The van der Waals surface area contributed by atoms with Gasteiger partial charge in [0.25, 0.3) is 0 Å². The predicted octanol–water partition coefficient (Wildman–Crippen LogP) is 11.6. The maximum absolute atomic E-state index is 5.05. The van der Waals surface area contributed by atoms with Crippen LogP contribution in [0.4, 0.5) is 0 Å². The van der Waals surface area contributed by atoms with Crippen molar-refractivity contribution >= 4 is 44.3 Å². The molecule has 2 aromatic heterocycles.